The summed E-state index contributed by atoms with van der Waals surface area (Å²) in [6.45, 7) is 2.92. The number of ether oxygens (including phenoxy) is 1. The van der Waals surface area contributed by atoms with Crippen LogP contribution in [0.2, 0.25) is 0 Å². The van der Waals surface area contributed by atoms with E-state index in [1.54, 1.807) is 13.2 Å². The Hall–Kier alpha value is -3.21. The summed E-state index contributed by atoms with van der Waals surface area (Å²) in [5.41, 5.74) is 2.62. The molecule has 2 N–H and O–H groups in total. The second kappa shape index (κ2) is 12.2. The third-order valence-corrected chi connectivity index (χ3v) is 7.19. The summed E-state index contributed by atoms with van der Waals surface area (Å²) in [4.78, 5) is 29.8. The van der Waals surface area contributed by atoms with Gasteiger partial charge in [0, 0.05) is 53.7 Å². The van der Waals surface area contributed by atoms with E-state index in [0.717, 1.165) is 39.4 Å². The van der Waals surface area contributed by atoms with Crippen LogP contribution in [-0.2, 0) is 4.79 Å². The molecule has 1 aromatic heterocycles. The fraction of sp³-hybridized carbons (Fsp3) is 0.192. The summed E-state index contributed by atoms with van der Waals surface area (Å²) in [5.74, 6) is 0.421. The van der Waals surface area contributed by atoms with Crippen molar-refractivity contribution in [2.45, 2.75) is 0 Å². The smallest absolute Gasteiger partial charge is 0.264 e. The molecule has 0 aliphatic carbocycles. The molecular weight excluding hydrogens is 560 g/mol. The molecule has 36 heavy (non-hydrogen) atoms. The number of benzene rings is 2. The lowest BCUT2D eigenvalue weighted by Crippen LogP contribution is -2.48. The molecule has 1 aliphatic rings. The zero-order valence-corrected chi connectivity index (χ0v) is 22.8. The van der Waals surface area contributed by atoms with Gasteiger partial charge in [-0.3, -0.25) is 14.9 Å². The van der Waals surface area contributed by atoms with Crippen molar-refractivity contribution < 1.29 is 14.3 Å². The fourth-order valence-corrected chi connectivity index (χ4v) is 5.08. The van der Waals surface area contributed by atoms with Crippen LogP contribution < -0.4 is 20.3 Å². The van der Waals surface area contributed by atoms with Gasteiger partial charge in [-0.05, 0) is 72.2 Å². The number of carbonyl (C=O) groups excluding carboxylic acids is 2. The topological polar surface area (TPSA) is 73.9 Å². The fourth-order valence-electron chi connectivity index (χ4n) is 3.80. The van der Waals surface area contributed by atoms with Crippen molar-refractivity contribution in [1.82, 2.24) is 10.2 Å². The second-order valence-corrected chi connectivity index (χ2v) is 10.2. The molecule has 1 fully saturated rings. The van der Waals surface area contributed by atoms with Crippen LogP contribution in [-0.4, -0.2) is 55.1 Å². The van der Waals surface area contributed by atoms with E-state index in [-0.39, 0.29) is 16.9 Å². The first-order valence-electron chi connectivity index (χ1n) is 11.2. The maximum atomic E-state index is 12.5. The molecule has 2 amide bonds. The van der Waals surface area contributed by atoms with Crippen molar-refractivity contribution >= 4 is 73.9 Å². The van der Waals surface area contributed by atoms with Crippen molar-refractivity contribution in [3.05, 3.63) is 81.0 Å². The van der Waals surface area contributed by atoms with E-state index in [1.165, 1.54) is 17.4 Å². The summed E-state index contributed by atoms with van der Waals surface area (Å²) in [7, 11) is 1.58. The Kier molecular flexibility index (Phi) is 8.74. The van der Waals surface area contributed by atoms with Crippen LogP contribution in [0.25, 0.3) is 6.08 Å². The van der Waals surface area contributed by atoms with Crippen LogP contribution in [0.15, 0.2) is 70.5 Å². The lowest BCUT2D eigenvalue weighted by atomic mass is 10.2. The number of rotatable bonds is 6. The van der Waals surface area contributed by atoms with E-state index in [2.05, 4.69) is 31.5 Å². The molecule has 186 valence electrons. The quantitative estimate of drug-likeness (QED) is 0.313. The third kappa shape index (κ3) is 6.71. The zero-order chi connectivity index (χ0) is 25.5. The summed E-state index contributed by atoms with van der Waals surface area (Å²) in [6.07, 6.45) is 3.08. The molecule has 0 spiro atoms. The number of nitrogens with zero attached hydrogens (tertiary/aromatic N) is 2. The summed E-state index contributed by atoms with van der Waals surface area (Å²) in [5, 5.41) is 7.82. The Labute approximate surface area is 227 Å². The molecular formula is C26H25BrN4O3S2. The first-order chi connectivity index (χ1) is 17.4. The van der Waals surface area contributed by atoms with Crippen LogP contribution in [0, 0.1) is 0 Å². The van der Waals surface area contributed by atoms with Gasteiger partial charge in [0.15, 0.2) is 5.11 Å². The van der Waals surface area contributed by atoms with Crippen LogP contribution >= 0.6 is 39.5 Å². The standard InChI is InChI=1S/C26H25BrN4O3S2/c1-34-22-10-5-19(27)17-18(22)4-11-24(32)29-26(35)28-20-6-8-21(9-7-20)30-12-14-31(15-13-30)25(33)23-3-2-16-36-23/h2-11,16-17H,12-15H2,1H3,(H2,28,29,32,35)/b11-4+. The molecule has 10 heteroatoms. The number of methoxy groups -OCH3 is 1. The van der Waals surface area contributed by atoms with Gasteiger partial charge in [0.05, 0.1) is 12.0 Å². The van der Waals surface area contributed by atoms with E-state index < -0.39 is 0 Å². The second-order valence-electron chi connectivity index (χ2n) is 7.97. The van der Waals surface area contributed by atoms with E-state index in [0.29, 0.717) is 18.8 Å². The Bertz CT molecular complexity index is 1250. The third-order valence-electron chi connectivity index (χ3n) is 5.63. The monoisotopic (exact) mass is 584 g/mol. The number of amides is 2. The van der Waals surface area contributed by atoms with Crippen LogP contribution in [0.3, 0.4) is 0 Å². The van der Waals surface area contributed by atoms with Gasteiger partial charge in [-0.1, -0.05) is 22.0 Å². The summed E-state index contributed by atoms with van der Waals surface area (Å²) < 4.78 is 6.20. The number of carbonyl (C=O) groups is 2. The minimum atomic E-state index is -0.346. The number of anilines is 2. The molecule has 7 nitrogen and oxygen atoms in total. The number of nitrogens with one attached hydrogen (secondary N) is 2. The molecule has 2 aromatic carbocycles. The number of hydrogen-bond donors (Lipinski definition) is 2. The molecule has 0 saturated carbocycles. The average molecular weight is 586 g/mol. The highest BCUT2D eigenvalue weighted by Gasteiger charge is 2.22. The van der Waals surface area contributed by atoms with Gasteiger partial charge in [-0.15, -0.1) is 11.3 Å². The van der Waals surface area contributed by atoms with Crippen LogP contribution in [0.1, 0.15) is 15.2 Å². The highest BCUT2D eigenvalue weighted by atomic mass is 79.9. The Morgan fingerprint density at radius 3 is 2.50 bits per heavy atom. The highest BCUT2D eigenvalue weighted by Crippen LogP contribution is 2.24. The largest absolute Gasteiger partial charge is 0.496 e. The Balaban J connectivity index is 1.26. The van der Waals surface area contributed by atoms with Crippen LogP contribution in [0.5, 0.6) is 5.75 Å². The predicted octanol–water partition coefficient (Wildman–Crippen LogP) is 5.01. The van der Waals surface area contributed by atoms with Gasteiger partial charge >= 0.3 is 0 Å². The zero-order valence-electron chi connectivity index (χ0n) is 19.6. The molecule has 2 heterocycles. The maximum Gasteiger partial charge on any atom is 0.264 e. The highest BCUT2D eigenvalue weighted by molar-refractivity contribution is 9.10. The van der Waals surface area contributed by atoms with Crippen LogP contribution in [0.4, 0.5) is 11.4 Å². The van der Waals surface area contributed by atoms with Crippen molar-refractivity contribution in [2.24, 2.45) is 0 Å². The lowest BCUT2D eigenvalue weighted by Gasteiger charge is -2.36. The van der Waals surface area contributed by atoms with E-state index in [9.17, 15) is 9.59 Å². The minimum absolute atomic E-state index is 0.102. The molecule has 0 unspecified atom stereocenters. The molecule has 1 aliphatic heterocycles. The van der Waals surface area contributed by atoms with Gasteiger partial charge in [0.25, 0.3) is 5.91 Å². The van der Waals surface area contributed by atoms with Crippen molar-refractivity contribution in [2.75, 3.05) is 43.5 Å². The maximum absolute atomic E-state index is 12.5. The number of halogens is 1. The molecule has 0 bridgehead atoms. The van der Waals surface area contributed by atoms with Gasteiger partial charge < -0.3 is 19.9 Å². The first-order valence-corrected chi connectivity index (χ1v) is 13.3. The van der Waals surface area contributed by atoms with Crippen molar-refractivity contribution in [3.8, 4) is 5.75 Å². The van der Waals surface area contributed by atoms with Gasteiger partial charge in [-0.2, -0.15) is 0 Å². The molecule has 1 saturated heterocycles. The minimum Gasteiger partial charge on any atom is -0.496 e. The number of thiophene rings is 1. The number of hydrogen-bond acceptors (Lipinski definition) is 6. The van der Waals surface area contributed by atoms with Gasteiger partial charge in [0.1, 0.15) is 5.75 Å². The molecule has 4 rings (SSSR count). The summed E-state index contributed by atoms with van der Waals surface area (Å²) in [6, 6.07) is 17.2. The van der Waals surface area contributed by atoms with Crippen molar-refractivity contribution in [1.29, 1.82) is 0 Å². The van der Waals surface area contributed by atoms with E-state index in [1.807, 2.05) is 64.9 Å². The SMILES string of the molecule is COc1ccc(Br)cc1/C=C/C(=O)NC(=S)Nc1ccc(N2CCN(C(=O)c3cccs3)CC2)cc1. The predicted molar refractivity (Wildman–Crippen MR) is 153 cm³/mol. The van der Waals surface area contributed by atoms with Crippen molar-refractivity contribution in [3.63, 3.8) is 0 Å². The summed E-state index contributed by atoms with van der Waals surface area (Å²) >= 11 is 10.2. The molecule has 0 atom stereocenters. The number of thiocarbonyl (C=S) groups is 1. The van der Waals surface area contributed by atoms with Gasteiger partial charge in [-0.25, -0.2) is 0 Å². The average Bonchev–Trinajstić information content (AvgIpc) is 3.43. The Morgan fingerprint density at radius 2 is 1.83 bits per heavy atom. The Morgan fingerprint density at radius 1 is 1.08 bits per heavy atom. The van der Waals surface area contributed by atoms with Gasteiger partial charge in [0.2, 0.25) is 5.91 Å². The first kappa shape index (κ1) is 25.9. The molecule has 0 radical (unpaired) electrons. The van der Waals surface area contributed by atoms with E-state index in [4.69, 9.17) is 17.0 Å². The lowest BCUT2D eigenvalue weighted by molar-refractivity contribution is -0.115. The number of piperazine rings is 1. The van der Waals surface area contributed by atoms with E-state index >= 15 is 0 Å². The molecule has 3 aromatic rings. The normalized spacial score (nSPS) is 13.5.